The van der Waals surface area contributed by atoms with Crippen LogP contribution in [-0.4, -0.2) is 22.2 Å². The maximum Gasteiger partial charge on any atom is 0.306 e. The fourth-order valence-corrected chi connectivity index (χ4v) is 2.06. The summed E-state index contributed by atoms with van der Waals surface area (Å²) >= 11 is 0. The molecule has 0 fully saturated rings. The zero-order valence-electron chi connectivity index (χ0n) is 15.5. The third-order valence-corrected chi connectivity index (χ3v) is 3.57. The predicted octanol–water partition coefficient (Wildman–Crippen LogP) is 5.35. The minimum atomic E-state index is -0.675. The number of carbonyl (C=O) groups is 2. The molecule has 5 heteroatoms. The van der Waals surface area contributed by atoms with E-state index in [4.69, 9.17) is 10.2 Å². The van der Waals surface area contributed by atoms with E-state index >= 15 is 0 Å². The number of carboxylic acids is 2. The van der Waals surface area contributed by atoms with Gasteiger partial charge in [-0.15, -0.1) is 0 Å². The molecule has 0 aromatic rings. The molecule has 0 amide bonds. The van der Waals surface area contributed by atoms with Crippen molar-refractivity contribution in [3.8, 4) is 0 Å². The molecule has 0 aromatic heterocycles. The Balaban J connectivity index is -0.000000338. The summed E-state index contributed by atoms with van der Waals surface area (Å²) in [6.07, 6.45) is 8.24. The molecule has 0 aliphatic rings. The van der Waals surface area contributed by atoms with Gasteiger partial charge in [0.15, 0.2) is 0 Å². The Kier molecular flexibility index (Phi) is 19.4. The van der Waals surface area contributed by atoms with Crippen molar-refractivity contribution in [3.63, 3.8) is 0 Å². The van der Waals surface area contributed by atoms with Gasteiger partial charge >= 0.3 is 11.9 Å². The topological polar surface area (TPSA) is 74.6 Å². The summed E-state index contributed by atoms with van der Waals surface area (Å²) in [4.78, 5) is 20.6. The minimum absolute atomic E-state index is 0. The van der Waals surface area contributed by atoms with Crippen LogP contribution in [0.1, 0.15) is 92.4 Å². The first-order chi connectivity index (χ1) is 10.1. The normalized spacial score (nSPS) is 11.7. The summed E-state index contributed by atoms with van der Waals surface area (Å²) in [5.41, 5.74) is 0.392. The molecule has 0 rings (SSSR count). The van der Waals surface area contributed by atoms with Crippen LogP contribution >= 0.6 is 0 Å². The quantitative estimate of drug-likeness (QED) is 0.401. The van der Waals surface area contributed by atoms with Gasteiger partial charge in [0.25, 0.3) is 0 Å². The predicted molar refractivity (Wildman–Crippen MR) is 91.1 cm³/mol. The Morgan fingerprint density at radius 3 is 1.87 bits per heavy atom. The van der Waals surface area contributed by atoms with Crippen LogP contribution in [0, 0.1) is 11.3 Å². The molecule has 2 N–H and O–H groups in total. The second-order valence-electron chi connectivity index (χ2n) is 7.10. The van der Waals surface area contributed by atoms with E-state index in [1.54, 1.807) is 0 Å². The van der Waals surface area contributed by atoms with Crippen LogP contribution in [0.4, 0.5) is 0 Å². The number of rotatable bonds is 10. The van der Waals surface area contributed by atoms with Crippen molar-refractivity contribution in [2.24, 2.45) is 11.3 Å². The van der Waals surface area contributed by atoms with E-state index in [0.29, 0.717) is 11.8 Å². The minimum Gasteiger partial charge on any atom is -0.481 e. The first kappa shape index (κ1) is 27.3. The Hall–Kier alpha value is -0.541. The molecular weight excluding hydrogens is 335 g/mol. The number of aliphatic carboxylic acids is 2. The number of hydrogen-bond acceptors (Lipinski definition) is 2. The summed E-state index contributed by atoms with van der Waals surface area (Å²) in [6, 6.07) is 0. The van der Waals surface area contributed by atoms with E-state index in [2.05, 4.69) is 27.7 Å². The molecule has 1 atom stereocenters. The molecule has 23 heavy (non-hydrogen) atoms. The molecule has 0 saturated carbocycles. The van der Waals surface area contributed by atoms with Gasteiger partial charge in [-0.1, -0.05) is 60.3 Å². The molecule has 0 saturated heterocycles. The maximum atomic E-state index is 10.4. The summed E-state index contributed by atoms with van der Waals surface area (Å²) < 4.78 is 0. The van der Waals surface area contributed by atoms with Crippen LogP contribution in [0.2, 0.25) is 0 Å². The van der Waals surface area contributed by atoms with Gasteiger partial charge in [0, 0.05) is 23.5 Å². The molecular formula is C18H36MnO4. The standard InChI is InChI=1S/C10H20O2.C8H16O2.Mn/c1-10(2,3)8-6-4-5-7-9(11)12;1-3-5-6-7(4-2)8(9)10;/h4-8H2,1-3H3,(H,11,12);7H,3-6H2,1-2H3,(H,9,10);. The van der Waals surface area contributed by atoms with Crippen molar-refractivity contribution < 1.29 is 36.9 Å². The SMILES string of the molecule is CC(C)(C)CCCCCC(=O)O.CCCCC(CC)C(=O)O.[Mn]. The summed E-state index contributed by atoms with van der Waals surface area (Å²) in [5, 5.41) is 17.0. The zero-order chi connectivity index (χ0) is 17.6. The van der Waals surface area contributed by atoms with E-state index < -0.39 is 11.9 Å². The number of unbranched alkanes of at least 4 members (excludes halogenated alkanes) is 3. The number of hydrogen-bond donors (Lipinski definition) is 2. The van der Waals surface area contributed by atoms with Crippen molar-refractivity contribution in [3.05, 3.63) is 0 Å². The molecule has 1 unspecified atom stereocenters. The van der Waals surface area contributed by atoms with Crippen molar-refractivity contribution in [1.82, 2.24) is 0 Å². The summed E-state index contributed by atoms with van der Waals surface area (Å²) in [5.74, 6) is -1.43. The Morgan fingerprint density at radius 1 is 0.957 bits per heavy atom. The largest absolute Gasteiger partial charge is 0.481 e. The fourth-order valence-electron chi connectivity index (χ4n) is 2.06. The van der Waals surface area contributed by atoms with Gasteiger partial charge in [-0.05, 0) is 31.1 Å². The van der Waals surface area contributed by atoms with Gasteiger partial charge in [0.05, 0.1) is 5.92 Å². The smallest absolute Gasteiger partial charge is 0.306 e. The summed E-state index contributed by atoms with van der Waals surface area (Å²) in [6.45, 7) is 10.6. The molecule has 0 heterocycles. The van der Waals surface area contributed by atoms with Crippen LogP contribution in [-0.2, 0) is 26.7 Å². The molecule has 139 valence electrons. The van der Waals surface area contributed by atoms with Crippen LogP contribution in [0.5, 0.6) is 0 Å². The second-order valence-corrected chi connectivity index (χ2v) is 7.10. The van der Waals surface area contributed by atoms with Crippen LogP contribution < -0.4 is 0 Å². The molecule has 1 radical (unpaired) electrons. The molecule has 0 spiro atoms. The Morgan fingerprint density at radius 2 is 1.52 bits per heavy atom. The maximum absolute atomic E-state index is 10.4. The Labute approximate surface area is 152 Å². The van der Waals surface area contributed by atoms with E-state index in [0.717, 1.165) is 44.9 Å². The molecule has 4 nitrogen and oxygen atoms in total. The first-order valence-electron chi connectivity index (χ1n) is 8.58. The molecule has 0 aliphatic carbocycles. The molecule has 0 aromatic carbocycles. The Bertz CT molecular complexity index is 298. The van der Waals surface area contributed by atoms with Gasteiger partial charge in [-0.25, -0.2) is 0 Å². The van der Waals surface area contributed by atoms with Gasteiger partial charge in [0.1, 0.15) is 0 Å². The van der Waals surface area contributed by atoms with Crippen molar-refractivity contribution in [2.45, 2.75) is 92.4 Å². The second kappa shape index (κ2) is 16.3. The van der Waals surface area contributed by atoms with Crippen LogP contribution in [0.3, 0.4) is 0 Å². The average Bonchev–Trinajstić information content (AvgIpc) is 2.38. The van der Waals surface area contributed by atoms with Crippen molar-refractivity contribution >= 4 is 11.9 Å². The monoisotopic (exact) mass is 371 g/mol. The van der Waals surface area contributed by atoms with Crippen molar-refractivity contribution in [2.75, 3.05) is 0 Å². The third kappa shape index (κ3) is 23.8. The van der Waals surface area contributed by atoms with E-state index in [-0.39, 0.29) is 23.0 Å². The van der Waals surface area contributed by atoms with E-state index in [1.165, 1.54) is 6.42 Å². The zero-order valence-corrected chi connectivity index (χ0v) is 16.7. The van der Waals surface area contributed by atoms with Gasteiger partial charge in [0.2, 0.25) is 0 Å². The third-order valence-electron chi connectivity index (χ3n) is 3.57. The van der Waals surface area contributed by atoms with Crippen LogP contribution in [0.25, 0.3) is 0 Å². The van der Waals surface area contributed by atoms with E-state index in [9.17, 15) is 9.59 Å². The van der Waals surface area contributed by atoms with Gasteiger partial charge in [-0.2, -0.15) is 0 Å². The number of carboxylic acid groups (broad SMARTS) is 2. The van der Waals surface area contributed by atoms with Crippen LogP contribution in [0.15, 0.2) is 0 Å². The first-order valence-corrected chi connectivity index (χ1v) is 8.58. The summed E-state index contributed by atoms with van der Waals surface area (Å²) in [7, 11) is 0. The average molecular weight is 371 g/mol. The van der Waals surface area contributed by atoms with Gasteiger partial charge in [-0.3, -0.25) is 9.59 Å². The molecule has 0 aliphatic heterocycles. The van der Waals surface area contributed by atoms with Crippen molar-refractivity contribution in [1.29, 1.82) is 0 Å². The molecule has 0 bridgehead atoms. The fraction of sp³-hybridized carbons (Fsp3) is 0.889. The van der Waals surface area contributed by atoms with E-state index in [1.807, 2.05) is 6.92 Å². The van der Waals surface area contributed by atoms with Gasteiger partial charge < -0.3 is 10.2 Å².